The van der Waals surface area contributed by atoms with E-state index in [1.165, 1.54) is 12.1 Å². The Morgan fingerprint density at radius 2 is 1.76 bits per heavy atom. The Morgan fingerprint density at radius 1 is 1.24 bits per heavy atom. The van der Waals surface area contributed by atoms with Crippen molar-refractivity contribution in [1.29, 1.82) is 0 Å². The molecule has 3 nitrogen and oxygen atoms in total. The van der Waals surface area contributed by atoms with Gasteiger partial charge in [-0.05, 0) is 25.5 Å². The third-order valence-electron chi connectivity index (χ3n) is 2.41. The van der Waals surface area contributed by atoms with Crippen molar-refractivity contribution in [2.75, 3.05) is 0 Å². The first-order valence-electron chi connectivity index (χ1n) is 5.27. The molecule has 0 bridgehead atoms. The van der Waals surface area contributed by atoms with E-state index in [9.17, 15) is 17.2 Å². The molecule has 0 saturated carbocycles. The quantitative estimate of drug-likeness (QED) is 0.887. The summed E-state index contributed by atoms with van der Waals surface area (Å²) in [5.41, 5.74) is -0.188. The second-order valence-corrected chi connectivity index (χ2v) is 5.51. The van der Waals surface area contributed by atoms with Gasteiger partial charge in [-0.15, -0.1) is 0 Å². The smallest absolute Gasteiger partial charge is 0.208 e. The van der Waals surface area contributed by atoms with E-state index in [-0.39, 0.29) is 16.5 Å². The van der Waals surface area contributed by atoms with Crippen molar-refractivity contribution in [2.45, 2.75) is 37.6 Å². The second-order valence-electron chi connectivity index (χ2n) is 3.80. The Morgan fingerprint density at radius 3 is 2.18 bits per heavy atom. The molecule has 0 saturated heterocycles. The minimum absolute atomic E-state index is 0.00204. The van der Waals surface area contributed by atoms with Gasteiger partial charge in [0, 0.05) is 11.6 Å². The van der Waals surface area contributed by atoms with Crippen LogP contribution < -0.4 is 4.72 Å². The minimum atomic E-state index is -3.61. The molecule has 0 aromatic heterocycles. The first kappa shape index (κ1) is 14.1. The molecule has 0 spiro atoms. The number of nitrogens with one attached hydrogen (secondary N) is 1. The van der Waals surface area contributed by atoms with Gasteiger partial charge in [-0.25, -0.2) is 21.9 Å². The second kappa shape index (κ2) is 5.55. The number of benzene rings is 1. The number of hydrogen-bond acceptors (Lipinski definition) is 2. The molecule has 0 amide bonds. The lowest BCUT2D eigenvalue weighted by atomic mass is 10.2. The van der Waals surface area contributed by atoms with Crippen molar-refractivity contribution in [2.24, 2.45) is 0 Å². The summed E-state index contributed by atoms with van der Waals surface area (Å²) in [6, 6.07) is 4.43. The van der Waals surface area contributed by atoms with Gasteiger partial charge < -0.3 is 0 Å². The zero-order valence-electron chi connectivity index (χ0n) is 9.65. The molecule has 1 aromatic carbocycles. The van der Waals surface area contributed by atoms with Crippen molar-refractivity contribution >= 4 is 10.0 Å². The monoisotopic (exact) mass is 263 g/mol. The number of hydrogen-bond donors (Lipinski definition) is 1. The highest BCUT2D eigenvalue weighted by Gasteiger charge is 2.17. The van der Waals surface area contributed by atoms with Crippen LogP contribution in [0.2, 0.25) is 0 Å². The summed E-state index contributed by atoms with van der Waals surface area (Å²) in [6.07, 6.45) is -1.93. The van der Waals surface area contributed by atoms with Crippen molar-refractivity contribution in [3.05, 3.63) is 29.8 Å². The fraction of sp³-hybridized carbons (Fsp3) is 0.455. The molecule has 1 atom stereocenters. The lowest BCUT2D eigenvalue weighted by Gasteiger charge is -2.12. The Kier molecular flexibility index (Phi) is 4.59. The van der Waals surface area contributed by atoms with E-state index in [0.717, 1.165) is 12.1 Å². The highest BCUT2D eigenvalue weighted by atomic mass is 32.2. The van der Waals surface area contributed by atoms with Gasteiger partial charge in [0.25, 0.3) is 6.43 Å². The maximum atomic E-state index is 12.3. The molecule has 0 aliphatic carbocycles. The van der Waals surface area contributed by atoms with Crippen LogP contribution in [0, 0.1) is 0 Å². The minimum Gasteiger partial charge on any atom is -0.208 e. The Balaban J connectivity index is 2.92. The molecule has 1 unspecified atom stereocenters. The standard InChI is InChI=1S/C11H15F2NO2S/c1-3-8(2)14-17(15,16)10-6-4-9(5-7-10)11(12)13/h4-8,11,14H,3H2,1-2H3. The average Bonchev–Trinajstić information content (AvgIpc) is 2.28. The van der Waals surface area contributed by atoms with Crippen LogP contribution in [-0.4, -0.2) is 14.5 Å². The maximum absolute atomic E-state index is 12.3. The number of halogens is 2. The van der Waals surface area contributed by atoms with Gasteiger partial charge >= 0.3 is 0 Å². The molecule has 6 heteroatoms. The van der Waals surface area contributed by atoms with Crippen LogP contribution in [0.25, 0.3) is 0 Å². The van der Waals surface area contributed by atoms with Gasteiger partial charge in [0.1, 0.15) is 0 Å². The Bertz CT molecular complexity index is 457. The lowest BCUT2D eigenvalue weighted by molar-refractivity contribution is 0.151. The third-order valence-corrected chi connectivity index (χ3v) is 4.02. The predicted octanol–water partition coefficient (Wildman–Crippen LogP) is 2.70. The molecule has 1 rings (SSSR count). The maximum Gasteiger partial charge on any atom is 0.263 e. The molecule has 1 N–H and O–H groups in total. The number of sulfonamides is 1. The van der Waals surface area contributed by atoms with Crippen molar-refractivity contribution in [3.63, 3.8) is 0 Å². The normalized spacial score (nSPS) is 13.9. The Hall–Kier alpha value is -1.01. The van der Waals surface area contributed by atoms with Crippen molar-refractivity contribution in [1.82, 2.24) is 4.72 Å². The molecule has 1 aromatic rings. The topological polar surface area (TPSA) is 46.2 Å². The summed E-state index contributed by atoms with van der Waals surface area (Å²) in [7, 11) is -3.61. The van der Waals surface area contributed by atoms with E-state index in [1.807, 2.05) is 6.92 Å². The first-order chi connectivity index (χ1) is 7.86. The molecule has 96 valence electrons. The van der Waals surface area contributed by atoms with Gasteiger partial charge in [-0.3, -0.25) is 0 Å². The first-order valence-corrected chi connectivity index (χ1v) is 6.75. The summed E-state index contributed by atoms with van der Waals surface area (Å²) >= 11 is 0. The van der Waals surface area contributed by atoms with Gasteiger partial charge in [0.2, 0.25) is 10.0 Å². The van der Waals surface area contributed by atoms with E-state index in [2.05, 4.69) is 4.72 Å². The van der Waals surface area contributed by atoms with Gasteiger partial charge in [0.05, 0.1) is 4.90 Å². The molecule has 0 heterocycles. The van der Waals surface area contributed by atoms with E-state index >= 15 is 0 Å². The molecular weight excluding hydrogens is 248 g/mol. The lowest BCUT2D eigenvalue weighted by Crippen LogP contribution is -2.31. The highest BCUT2D eigenvalue weighted by molar-refractivity contribution is 7.89. The van der Waals surface area contributed by atoms with Crippen molar-refractivity contribution in [3.8, 4) is 0 Å². The largest absolute Gasteiger partial charge is 0.263 e. The van der Waals surface area contributed by atoms with Crippen LogP contribution in [0.15, 0.2) is 29.2 Å². The van der Waals surface area contributed by atoms with Crippen LogP contribution >= 0.6 is 0 Å². The van der Waals surface area contributed by atoms with Gasteiger partial charge in [-0.1, -0.05) is 19.1 Å². The zero-order chi connectivity index (χ0) is 13.1. The Labute approximate surface area is 99.9 Å². The van der Waals surface area contributed by atoms with Crippen LogP contribution in [0.1, 0.15) is 32.3 Å². The summed E-state index contributed by atoms with van der Waals surface area (Å²) in [5, 5.41) is 0. The average molecular weight is 263 g/mol. The summed E-state index contributed by atoms with van der Waals surface area (Å²) in [5.74, 6) is 0. The van der Waals surface area contributed by atoms with Crippen molar-refractivity contribution < 1.29 is 17.2 Å². The van der Waals surface area contributed by atoms with E-state index in [0.29, 0.717) is 6.42 Å². The molecular formula is C11H15F2NO2S. The highest BCUT2D eigenvalue weighted by Crippen LogP contribution is 2.20. The molecule has 0 fully saturated rings. The summed E-state index contributed by atoms with van der Waals surface area (Å²) in [4.78, 5) is 0.00204. The van der Waals surface area contributed by atoms with Crippen LogP contribution in [0.5, 0.6) is 0 Å². The molecule has 0 aliphatic heterocycles. The van der Waals surface area contributed by atoms with Crippen LogP contribution in [0.4, 0.5) is 8.78 Å². The SMILES string of the molecule is CCC(C)NS(=O)(=O)c1ccc(C(F)F)cc1. The summed E-state index contributed by atoms with van der Waals surface area (Å²) in [6.45, 7) is 3.60. The van der Waals surface area contributed by atoms with Crippen LogP contribution in [-0.2, 0) is 10.0 Å². The third kappa shape index (κ3) is 3.74. The molecule has 17 heavy (non-hydrogen) atoms. The van der Waals surface area contributed by atoms with Gasteiger partial charge in [0.15, 0.2) is 0 Å². The van der Waals surface area contributed by atoms with E-state index < -0.39 is 16.4 Å². The van der Waals surface area contributed by atoms with Gasteiger partial charge in [-0.2, -0.15) is 0 Å². The van der Waals surface area contributed by atoms with E-state index in [4.69, 9.17) is 0 Å². The van der Waals surface area contributed by atoms with E-state index in [1.54, 1.807) is 6.92 Å². The number of alkyl halides is 2. The predicted molar refractivity (Wildman–Crippen MR) is 61.5 cm³/mol. The van der Waals surface area contributed by atoms with Crippen LogP contribution in [0.3, 0.4) is 0 Å². The number of rotatable bonds is 5. The fourth-order valence-corrected chi connectivity index (χ4v) is 2.54. The zero-order valence-corrected chi connectivity index (χ0v) is 10.5. The molecule has 0 radical (unpaired) electrons. The molecule has 0 aliphatic rings. The summed E-state index contributed by atoms with van der Waals surface area (Å²) < 4.78 is 50.6. The fourth-order valence-electron chi connectivity index (χ4n) is 1.21.